The summed E-state index contributed by atoms with van der Waals surface area (Å²) in [5.41, 5.74) is 7.52. The maximum Gasteiger partial charge on any atom is 0.244 e. The molecule has 0 spiro atoms. The third-order valence-corrected chi connectivity index (χ3v) is 4.59. The van der Waals surface area contributed by atoms with Gasteiger partial charge in [0.2, 0.25) is 5.91 Å². The molecule has 0 saturated carbocycles. The molecule has 6 heteroatoms. The van der Waals surface area contributed by atoms with Crippen LogP contribution in [-0.2, 0) is 4.79 Å². The molecule has 0 saturated heterocycles. The highest BCUT2D eigenvalue weighted by molar-refractivity contribution is 5.83. The molecule has 2 rings (SSSR count). The Balaban J connectivity index is 2.16. The molecule has 0 bridgehead atoms. The van der Waals surface area contributed by atoms with E-state index >= 15 is 0 Å². The van der Waals surface area contributed by atoms with Crippen molar-refractivity contribution in [1.82, 2.24) is 4.90 Å². The molecule has 0 fully saturated rings. The van der Waals surface area contributed by atoms with Crippen LogP contribution in [0.1, 0.15) is 30.2 Å². The van der Waals surface area contributed by atoms with E-state index in [0.29, 0.717) is 17.1 Å². The number of hydrogen-bond acceptors (Lipinski definition) is 5. The zero-order valence-corrected chi connectivity index (χ0v) is 15.5. The van der Waals surface area contributed by atoms with E-state index in [1.165, 1.54) is 12.0 Å². The minimum Gasteiger partial charge on any atom is -0.493 e. The monoisotopic (exact) mass is 358 g/mol. The number of nitrogens with zero attached hydrogens (tertiary/aromatic N) is 1. The first-order valence-corrected chi connectivity index (χ1v) is 8.37. The lowest BCUT2D eigenvalue weighted by atomic mass is 10.0. The van der Waals surface area contributed by atoms with Gasteiger partial charge >= 0.3 is 0 Å². The summed E-state index contributed by atoms with van der Waals surface area (Å²) in [5.74, 6) is 0.782. The Morgan fingerprint density at radius 2 is 1.65 bits per heavy atom. The fraction of sp³-hybridized carbons (Fsp3) is 0.350. The van der Waals surface area contributed by atoms with Gasteiger partial charge in [0.15, 0.2) is 11.5 Å². The average molecular weight is 358 g/mol. The number of rotatable bonds is 7. The van der Waals surface area contributed by atoms with Crippen molar-refractivity contribution in [3.05, 3.63) is 59.7 Å². The zero-order valence-electron chi connectivity index (χ0n) is 15.5. The molecular formula is C20H26N2O4. The van der Waals surface area contributed by atoms with Gasteiger partial charge in [-0.25, -0.2) is 0 Å². The highest BCUT2D eigenvalue weighted by Crippen LogP contribution is 2.30. The quantitative estimate of drug-likeness (QED) is 0.793. The molecule has 140 valence electrons. The maximum absolute atomic E-state index is 12.8. The fourth-order valence-electron chi connectivity index (χ4n) is 2.75. The number of amides is 1. The van der Waals surface area contributed by atoms with Gasteiger partial charge in [0, 0.05) is 7.05 Å². The Morgan fingerprint density at radius 3 is 2.23 bits per heavy atom. The van der Waals surface area contributed by atoms with Gasteiger partial charge in [-0.3, -0.25) is 4.79 Å². The van der Waals surface area contributed by atoms with Crippen LogP contribution in [0.15, 0.2) is 48.5 Å². The molecule has 0 aromatic heterocycles. The maximum atomic E-state index is 12.8. The Bertz CT molecular complexity index is 736. The molecule has 0 aliphatic rings. The molecule has 2 aromatic rings. The molecule has 26 heavy (non-hydrogen) atoms. The number of ether oxygens (including phenoxy) is 2. The van der Waals surface area contributed by atoms with E-state index in [1.54, 1.807) is 39.3 Å². The van der Waals surface area contributed by atoms with Crippen LogP contribution in [0.2, 0.25) is 0 Å². The smallest absolute Gasteiger partial charge is 0.244 e. The number of carbonyl (C=O) groups excluding carboxylic acids is 1. The summed E-state index contributed by atoms with van der Waals surface area (Å²) in [6.45, 7) is 1.79. The molecule has 0 aliphatic carbocycles. The van der Waals surface area contributed by atoms with Crippen molar-refractivity contribution in [2.75, 3.05) is 21.3 Å². The van der Waals surface area contributed by atoms with Gasteiger partial charge in [-0.05, 0) is 30.2 Å². The molecule has 3 N–H and O–H groups in total. The SMILES string of the molecule is COc1ccc([C@H](N)C(=O)N(C)[C@@H](C)[C@@H](O)c2ccccc2)cc1OC. The van der Waals surface area contributed by atoms with Crippen LogP contribution >= 0.6 is 0 Å². The van der Waals surface area contributed by atoms with E-state index in [-0.39, 0.29) is 5.91 Å². The van der Waals surface area contributed by atoms with Crippen LogP contribution < -0.4 is 15.2 Å². The third-order valence-electron chi connectivity index (χ3n) is 4.59. The van der Waals surface area contributed by atoms with E-state index < -0.39 is 18.2 Å². The van der Waals surface area contributed by atoms with Gasteiger partial charge in [0.1, 0.15) is 6.04 Å². The summed E-state index contributed by atoms with van der Waals surface area (Å²) in [6, 6.07) is 13.1. The molecular weight excluding hydrogens is 332 g/mol. The average Bonchev–Trinajstić information content (AvgIpc) is 2.70. The van der Waals surface area contributed by atoms with Crippen molar-refractivity contribution < 1.29 is 19.4 Å². The largest absolute Gasteiger partial charge is 0.493 e. The Labute approximate surface area is 154 Å². The Kier molecular flexibility index (Phi) is 6.60. The number of likely N-dealkylation sites (N-methyl/N-ethyl adjacent to an activating group) is 1. The van der Waals surface area contributed by atoms with Crippen molar-refractivity contribution in [3.8, 4) is 11.5 Å². The predicted molar refractivity (Wildman–Crippen MR) is 100 cm³/mol. The topological polar surface area (TPSA) is 85.0 Å². The second-order valence-corrected chi connectivity index (χ2v) is 6.14. The van der Waals surface area contributed by atoms with Gasteiger partial charge in [0.25, 0.3) is 0 Å². The first kappa shape index (κ1) is 19.8. The van der Waals surface area contributed by atoms with Crippen molar-refractivity contribution in [3.63, 3.8) is 0 Å². The highest BCUT2D eigenvalue weighted by Gasteiger charge is 2.28. The van der Waals surface area contributed by atoms with Crippen LogP contribution in [0.5, 0.6) is 11.5 Å². The third kappa shape index (κ3) is 4.15. The minimum absolute atomic E-state index is 0.292. The number of aliphatic hydroxyl groups is 1. The second-order valence-electron chi connectivity index (χ2n) is 6.14. The fourth-order valence-corrected chi connectivity index (χ4v) is 2.75. The first-order chi connectivity index (χ1) is 12.4. The van der Waals surface area contributed by atoms with Crippen molar-refractivity contribution in [1.29, 1.82) is 0 Å². The van der Waals surface area contributed by atoms with Crippen molar-refractivity contribution in [2.24, 2.45) is 5.73 Å². The lowest BCUT2D eigenvalue weighted by Crippen LogP contribution is -2.43. The van der Waals surface area contributed by atoms with Crippen molar-refractivity contribution >= 4 is 5.91 Å². The number of benzene rings is 2. The van der Waals surface area contributed by atoms with Crippen molar-refractivity contribution in [2.45, 2.75) is 25.1 Å². The summed E-state index contributed by atoms with van der Waals surface area (Å²) in [5, 5.41) is 10.5. The summed E-state index contributed by atoms with van der Waals surface area (Å²) < 4.78 is 10.5. The van der Waals surface area contributed by atoms with Gasteiger partial charge in [0.05, 0.1) is 26.4 Å². The van der Waals surface area contributed by atoms with Gasteiger partial charge in [-0.2, -0.15) is 0 Å². The predicted octanol–water partition coefficient (Wildman–Crippen LogP) is 2.28. The number of aliphatic hydroxyl groups excluding tert-OH is 1. The number of carbonyl (C=O) groups is 1. The lowest BCUT2D eigenvalue weighted by molar-refractivity contribution is -0.135. The molecule has 0 heterocycles. The minimum atomic E-state index is -0.870. The summed E-state index contributed by atoms with van der Waals surface area (Å²) in [7, 11) is 4.71. The molecule has 0 unspecified atom stereocenters. The van der Waals surface area contributed by atoms with Crippen LogP contribution in [0, 0.1) is 0 Å². The summed E-state index contributed by atoms with van der Waals surface area (Å²) in [6.07, 6.45) is -0.803. The first-order valence-electron chi connectivity index (χ1n) is 8.37. The Morgan fingerprint density at radius 1 is 1.04 bits per heavy atom. The van der Waals surface area contributed by atoms with Crippen LogP contribution in [0.3, 0.4) is 0 Å². The summed E-state index contributed by atoms with van der Waals surface area (Å²) >= 11 is 0. The number of methoxy groups -OCH3 is 2. The molecule has 0 aliphatic heterocycles. The van der Waals surface area contributed by atoms with E-state index in [0.717, 1.165) is 5.56 Å². The van der Waals surface area contributed by atoms with Crippen LogP contribution in [-0.4, -0.2) is 43.2 Å². The van der Waals surface area contributed by atoms with E-state index in [2.05, 4.69) is 0 Å². The van der Waals surface area contributed by atoms with Crippen LogP contribution in [0.4, 0.5) is 0 Å². The van der Waals surface area contributed by atoms with E-state index in [4.69, 9.17) is 15.2 Å². The molecule has 6 nitrogen and oxygen atoms in total. The van der Waals surface area contributed by atoms with E-state index in [1.807, 2.05) is 30.3 Å². The summed E-state index contributed by atoms with van der Waals surface area (Å²) in [4.78, 5) is 14.3. The number of hydrogen-bond donors (Lipinski definition) is 2. The highest BCUT2D eigenvalue weighted by atomic mass is 16.5. The van der Waals surface area contributed by atoms with Gasteiger partial charge < -0.3 is 25.2 Å². The standard InChI is InChI=1S/C20H26N2O4/c1-13(19(23)14-8-6-5-7-9-14)22(2)20(24)18(21)15-10-11-16(25-3)17(12-15)26-4/h5-13,18-19,23H,21H2,1-4H3/t13-,18-,19+/m0/s1. The normalized spacial score (nSPS) is 14.2. The second kappa shape index (κ2) is 8.69. The van der Waals surface area contributed by atoms with Gasteiger partial charge in [-0.15, -0.1) is 0 Å². The van der Waals surface area contributed by atoms with E-state index in [9.17, 15) is 9.90 Å². The molecule has 2 aromatic carbocycles. The zero-order chi connectivity index (χ0) is 19.3. The Hall–Kier alpha value is -2.57. The molecule has 1 amide bonds. The molecule has 3 atom stereocenters. The lowest BCUT2D eigenvalue weighted by Gasteiger charge is -2.31. The van der Waals surface area contributed by atoms with Gasteiger partial charge in [-0.1, -0.05) is 36.4 Å². The molecule has 0 radical (unpaired) electrons. The van der Waals surface area contributed by atoms with Crippen LogP contribution in [0.25, 0.3) is 0 Å². The number of nitrogens with two attached hydrogens (primary N) is 1.